The van der Waals surface area contributed by atoms with Crippen molar-refractivity contribution in [3.8, 4) is 11.3 Å². The Morgan fingerprint density at radius 3 is 2.65 bits per heavy atom. The van der Waals surface area contributed by atoms with Crippen molar-refractivity contribution in [1.82, 2.24) is 19.6 Å². The third-order valence-electron chi connectivity index (χ3n) is 3.78. The lowest BCUT2D eigenvalue weighted by Crippen LogP contribution is -2.30. The number of rotatable bonds is 5. The zero-order valence-corrected chi connectivity index (χ0v) is 13.1. The van der Waals surface area contributed by atoms with Gasteiger partial charge in [-0.3, -0.25) is 0 Å². The number of pyridine rings is 1. The standard InChI is InChI=1S/C16H20N6O/c1-10(2)12(9-23)20-15-5-6-16-19-8-13(22(16)21-15)11-3-4-14(17)18-7-11/h3-8,10,12,23H,9H2,1-2H3,(H2,17,18)(H,20,21)/t12-/m1/s1. The number of hydrogen-bond donors (Lipinski definition) is 3. The first-order valence-corrected chi connectivity index (χ1v) is 7.52. The zero-order valence-electron chi connectivity index (χ0n) is 13.1. The van der Waals surface area contributed by atoms with E-state index >= 15 is 0 Å². The van der Waals surface area contributed by atoms with Crippen LogP contribution in [-0.2, 0) is 0 Å². The molecule has 0 unspecified atom stereocenters. The van der Waals surface area contributed by atoms with Crippen LogP contribution >= 0.6 is 0 Å². The van der Waals surface area contributed by atoms with Crippen molar-refractivity contribution >= 4 is 17.3 Å². The van der Waals surface area contributed by atoms with Crippen molar-refractivity contribution in [2.75, 3.05) is 17.7 Å². The Labute approximate surface area is 134 Å². The van der Waals surface area contributed by atoms with Crippen LogP contribution in [0.5, 0.6) is 0 Å². The number of nitrogens with one attached hydrogen (secondary N) is 1. The predicted molar refractivity (Wildman–Crippen MR) is 90.0 cm³/mol. The summed E-state index contributed by atoms with van der Waals surface area (Å²) < 4.78 is 1.75. The molecule has 3 aromatic heterocycles. The predicted octanol–water partition coefficient (Wildman–Crippen LogP) is 1.80. The minimum atomic E-state index is -0.0508. The number of anilines is 2. The summed E-state index contributed by atoms with van der Waals surface area (Å²) >= 11 is 0. The van der Waals surface area contributed by atoms with Crippen molar-refractivity contribution in [3.63, 3.8) is 0 Å². The lowest BCUT2D eigenvalue weighted by molar-refractivity contribution is 0.249. The van der Waals surface area contributed by atoms with Gasteiger partial charge in [-0.1, -0.05) is 13.8 Å². The summed E-state index contributed by atoms with van der Waals surface area (Å²) in [4.78, 5) is 8.47. The molecule has 1 atom stereocenters. The summed E-state index contributed by atoms with van der Waals surface area (Å²) in [5.41, 5.74) is 8.10. The normalized spacial score (nSPS) is 12.7. The molecule has 0 bridgehead atoms. The molecule has 0 aliphatic heterocycles. The second-order valence-electron chi connectivity index (χ2n) is 5.78. The molecule has 0 fully saturated rings. The minimum absolute atomic E-state index is 0.0508. The monoisotopic (exact) mass is 312 g/mol. The molecule has 3 aromatic rings. The average molecular weight is 312 g/mol. The number of nitrogens with zero attached hydrogens (tertiary/aromatic N) is 4. The average Bonchev–Trinajstić information content (AvgIpc) is 2.96. The number of fused-ring (bicyclic) bond motifs is 1. The maximum Gasteiger partial charge on any atom is 0.154 e. The highest BCUT2D eigenvalue weighted by Gasteiger charge is 2.14. The Kier molecular flexibility index (Phi) is 4.12. The summed E-state index contributed by atoms with van der Waals surface area (Å²) in [6.45, 7) is 4.15. The highest BCUT2D eigenvalue weighted by Crippen LogP contribution is 2.21. The van der Waals surface area contributed by atoms with Crippen LogP contribution < -0.4 is 11.1 Å². The van der Waals surface area contributed by atoms with E-state index in [1.807, 2.05) is 18.2 Å². The molecule has 0 radical (unpaired) electrons. The van der Waals surface area contributed by atoms with Gasteiger partial charge in [-0.15, -0.1) is 5.10 Å². The van der Waals surface area contributed by atoms with Crippen LogP contribution in [0.4, 0.5) is 11.6 Å². The van der Waals surface area contributed by atoms with Gasteiger partial charge in [-0.2, -0.15) is 0 Å². The topological polar surface area (TPSA) is 101 Å². The number of aromatic nitrogens is 4. The number of aliphatic hydroxyl groups is 1. The van der Waals surface area contributed by atoms with Crippen LogP contribution in [0.1, 0.15) is 13.8 Å². The molecule has 7 nitrogen and oxygen atoms in total. The molecule has 3 rings (SSSR count). The van der Waals surface area contributed by atoms with E-state index in [-0.39, 0.29) is 12.6 Å². The first-order chi connectivity index (χ1) is 11.1. The Morgan fingerprint density at radius 2 is 2.00 bits per heavy atom. The van der Waals surface area contributed by atoms with E-state index in [2.05, 4.69) is 34.2 Å². The van der Waals surface area contributed by atoms with Crippen LogP contribution in [0.3, 0.4) is 0 Å². The Morgan fingerprint density at radius 1 is 1.17 bits per heavy atom. The largest absolute Gasteiger partial charge is 0.394 e. The second kappa shape index (κ2) is 6.21. The number of aliphatic hydroxyl groups excluding tert-OH is 1. The van der Waals surface area contributed by atoms with Gasteiger partial charge in [0.05, 0.1) is 24.5 Å². The van der Waals surface area contributed by atoms with E-state index in [1.54, 1.807) is 23.0 Å². The fourth-order valence-electron chi connectivity index (χ4n) is 2.32. The van der Waals surface area contributed by atoms with E-state index in [0.717, 1.165) is 16.9 Å². The molecule has 0 spiro atoms. The molecule has 0 amide bonds. The quantitative estimate of drug-likeness (QED) is 0.664. The maximum atomic E-state index is 9.46. The third-order valence-corrected chi connectivity index (χ3v) is 3.78. The molecule has 0 aliphatic rings. The van der Waals surface area contributed by atoms with E-state index in [0.29, 0.717) is 17.6 Å². The van der Waals surface area contributed by atoms with Crippen LogP contribution in [0.25, 0.3) is 16.9 Å². The molecule has 0 saturated carbocycles. The third kappa shape index (κ3) is 3.09. The molecule has 23 heavy (non-hydrogen) atoms. The number of nitrogen functional groups attached to an aromatic ring is 1. The fraction of sp³-hybridized carbons (Fsp3) is 0.312. The highest BCUT2D eigenvalue weighted by molar-refractivity contribution is 5.63. The van der Waals surface area contributed by atoms with Gasteiger partial charge in [-0.05, 0) is 30.2 Å². The Bertz CT molecular complexity index is 796. The second-order valence-corrected chi connectivity index (χ2v) is 5.78. The summed E-state index contributed by atoms with van der Waals surface area (Å²) in [7, 11) is 0. The molecule has 7 heteroatoms. The van der Waals surface area contributed by atoms with E-state index in [1.165, 1.54) is 0 Å². The molecule has 120 valence electrons. The molecule has 0 aromatic carbocycles. The van der Waals surface area contributed by atoms with Crippen molar-refractivity contribution in [3.05, 3.63) is 36.7 Å². The molecule has 0 aliphatic carbocycles. The van der Waals surface area contributed by atoms with E-state index < -0.39 is 0 Å². The van der Waals surface area contributed by atoms with E-state index in [4.69, 9.17) is 5.73 Å². The number of hydrogen-bond acceptors (Lipinski definition) is 6. The molecule has 4 N–H and O–H groups in total. The van der Waals surface area contributed by atoms with E-state index in [9.17, 15) is 5.11 Å². The maximum absolute atomic E-state index is 9.46. The first-order valence-electron chi connectivity index (χ1n) is 7.52. The SMILES string of the molecule is CC(C)[C@@H](CO)Nc1ccc2ncc(-c3ccc(N)nc3)n2n1. The lowest BCUT2D eigenvalue weighted by atomic mass is 10.1. The zero-order chi connectivity index (χ0) is 16.4. The van der Waals surface area contributed by atoms with Crippen molar-refractivity contribution in [2.45, 2.75) is 19.9 Å². The number of nitrogens with two attached hydrogens (primary N) is 1. The van der Waals surface area contributed by atoms with Gasteiger partial charge < -0.3 is 16.2 Å². The fourth-order valence-corrected chi connectivity index (χ4v) is 2.32. The Balaban J connectivity index is 1.98. The van der Waals surface area contributed by atoms with Crippen LogP contribution in [0, 0.1) is 5.92 Å². The van der Waals surface area contributed by atoms with Crippen LogP contribution in [0.2, 0.25) is 0 Å². The summed E-state index contributed by atoms with van der Waals surface area (Å²) in [5.74, 6) is 1.45. The molecular weight excluding hydrogens is 292 g/mol. The summed E-state index contributed by atoms with van der Waals surface area (Å²) in [6, 6.07) is 7.33. The van der Waals surface area contributed by atoms with Crippen LogP contribution in [-0.4, -0.2) is 37.3 Å². The van der Waals surface area contributed by atoms with Crippen molar-refractivity contribution in [2.24, 2.45) is 5.92 Å². The number of imidazole rings is 1. The van der Waals surface area contributed by atoms with Gasteiger partial charge in [0.2, 0.25) is 0 Å². The lowest BCUT2D eigenvalue weighted by Gasteiger charge is -2.20. The summed E-state index contributed by atoms with van der Waals surface area (Å²) in [6.07, 6.45) is 3.45. The molecule has 3 heterocycles. The summed E-state index contributed by atoms with van der Waals surface area (Å²) in [5, 5.41) is 17.3. The van der Waals surface area contributed by atoms with Gasteiger partial charge in [-0.25, -0.2) is 14.5 Å². The van der Waals surface area contributed by atoms with Gasteiger partial charge in [0, 0.05) is 11.8 Å². The van der Waals surface area contributed by atoms with Gasteiger partial charge in [0.15, 0.2) is 5.65 Å². The minimum Gasteiger partial charge on any atom is -0.394 e. The first kappa shape index (κ1) is 15.2. The molecular formula is C16H20N6O. The highest BCUT2D eigenvalue weighted by atomic mass is 16.3. The van der Waals surface area contributed by atoms with Crippen LogP contribution in [0.15, 0.2) is 36.7 Å². The Hall–Kier alpha value is -2.67. The van der Waals surface area contributed by atoms with Crippen molar-refractivity contribution in [1.29, 1.82) is 0 Å². The van der Waals surface area contributed by atoms with Crippen molar-refractivity contribution < 1.29 is 5.11 Å². The van der Waals surface area contributed by atoms with Gasteiger partial charge in [0.25, 0.3) is 0 Å². The van der Waals surface area contributed by atoms with Gasteiger partial charge >= 0.3 is 0 Å². The van der Waals surface area contributed by atoms with Gasteiger partial charge in [0.1, 0.15) is 11.6 Å². The molecule has 0 saturated heterocycles. The smallest absolute Gasteiger partial charge is 0.154 e.